The molecule has 0 saturated carbocycles. The van der Waals surface area contributed by atoms with E-state index < -0.39 is 12.1 Å². The van der Waals surface area contributed by atoms with Crippen LogP contribution in [0.4, 0.5) is 16.2 Å². The number of amides is 1. The van der Waals surface area contributed by atoms with Crippen molar-refractivity contribution in [3.63, 3.8) is 0 Å². The first-order chi connectivity index (χ1) is 13.6. The van der Waals surface area contributed by atoms with Gasteiger partial charge in [-0.2, -0.15) is 0 Å². The zero-order chi connectivity index (χ0) is 19.8. The van der Waals surface area contributed by atoms with Gasteiger partial charge in [0.1, 0.15) is 0 Å². The van der Waals surface area contributed by atoms with Crippen LogP contribution in [0.3, 0.4) is 0 Å². The molecule has 3 rings (SSSR count). The van der Waals surface area contributed by atoms with E-state index in [0.29, 0.717) is 6.42 Å². The van der Waals surface area contributed by atoms with Crippen molar-refractivity contribution in [2.75, 3.05) is 11.5 Å². The summed E-state index contributed by atoms with van der Waals surface area (Å²) in [7, 11) is 0. The highest BCUT2D eigenvalue weighted by Crippen LogP contribution is 2.25. The third-order valence-electron chi connectivity index (χ3n) is 4.17. The van der Waals surface area contributed by atoms with Crippen LogP contribution in [-0.2, 0) is 22.4 Å². The molecule has 0 aliphatic rings. The number of anilines is 2. The predicted octanol–water partition coefficient (Wildman–Crippen LogP) is 4.83. The molecule has 5 heteroatoms. The lowest BCUT2D eigenvalue weighted by molar-refractivity contribution is -0.136. The highest BCUT2D eigenvalue weighted by Gasteiger charge is 2.19. The molecule has 0 fully saturated rings. The molecular formula is C23H21NO4. The number of hydrogen-bond donors (Lipinski definition) is 1. The second-order valence-corrected chi connectivity index (χ2v) is 6.26. The van der Waals surface area contributed by atoms with E-state index in [2.05, 4.69) is 0 Å². The highest BCUT2D eigenvalue weighted by atomic mass is 16.6. The second-order valence-electron chi connectivity index (χ2n) is 6.26. The molecule has 28 heavy (non-hydrogen) atoms. The smallest absolute Gasteiger partial charge is 0.418 e. The summed E-state index contributed by atoms with van der Waals surface area (Å²) in [6.45, 7) is 0.200. The van der Waals surface area contributed by atoms with E-state index >= 15 is 0 Å². The number of para-hydroxylation sites is 2. The van der Waals surface area contributed by atoms with Gasteiger partial charge < -0.3 is 9.84 Å². The molecule has 5 nitrogen and oxygen atoms in total. The number of carboxylic acids is 1. The summed E-state index contributed by atoms with van der Waals surface area (Å²) >= 11 is 0. The molecule has 3 aromatic carbocycles. The number of ether oxygens (including phenoxy) is 1. The molecule has 142 valence electrons. The van der Waals surface area contributed by atoms with Crippen molar-refractivity contribution in [1.82, 2.24) is 0 Å². The van der Waals surface area contributed by atoms with Gasteiger partial charge in [-0.05, 0) is 35.4 Å². The molecule has 0 unspecified atom stereocenters. The van der Waals surface area contributed by atoms with Crippen LogP contribution in [0.5, 0.6) is 0 Å². The van der Waals surface area contributed by atoms with Crippen molar-refractivity contribution in [2.24, 2.45) is 0 Å². The van der Waals surface area contributed by atoms with Crippen molar-refractivity contribution in [3.8, 4) is 0 Å². The normalized spacial score (nSPS) is 10.3. The largest absolute Gasteiger partial charge is 0.481 e. The van der Waals surface area contributed by atoms with Crippen LogP contribution in [0.1, 0.15) is 11.1 Å². The van der Waals surface area contributed by atoms with E-state index in [-0.39, 0.29) is 13.0 Å². The number of carbonyl (C=O) groups is 2. The number of nitrogens with zero attached hydrogens (tertiary/aromatic N) is 1. The van der Waals surface area contributed by atoms with Crippen LogP contribution < -0.4 is 4.90 Å². The van der Waals surface area contributed by atoms with Gasteiger partial charge in [0.15, 0.2) is 0 Å². The fourth-order valence-electron chi connectivity index (χ4n) is 2.90. The fraction of sp³-hybridized carbons (Fsp3) is 0.130. The molecule has 0 aliphatic heterocycles. The molecule has 0 aliphatic carbocycles. The Balaban J connectivity index is 1.67. The zero-order valence-corrected chi connectivity index (χ0v) is 15.3. The Morgan fingerprint density at radius 3 is 1.93 bits per heavy atom. The molecule has 0 radical (unpaired) electrons. The maximum atomic E-state index is 12.8. The number of hydrogen-bond acceptors (Lipinski definition) is 3. The summed E-state index contributed by atoms with van der Waals surface area (Å²) in [6.07, 6.45) is 0.0270. The van der Waals surface area contributed by atoms with E-state index in [1.54, 1.807) is 6.07 Å². The lowest BCUT2D eigenvalue weighted by Gasteiger charge is -2.22. The minimum Gasteiger partial charge on any atom is -0.481 e. The van der Waals surface area contributed by atoms with E-state index in [1.807, 2.05) is 78.9 Å². The van der Waals surface area contributed by atoms with Gasteiger partial charge in [-0.15, -0.1) is 0 Å². The van der Waals surface area contributed by atoms with Crippen molar-refractivity contribution >= 4 is 23.4 Å². The van der Waals surface area contributed by atoms with Crippen LogP contribution >= 0.6 is 0 Å². The first kappa shape index (κ1) is 19.2. The van der Waals surface area contributed by atoms with Crippen molar-refractivity contribution < 1.29 is 19.4 Å². The molecule has 0 aromatic heterocycles. The Morgan fingerprint density at radius 2 is 1.36 bits per heavy atom. The number of carbonyl (C=O) groups excluding carboxylic acids is 1. The SMILES string of the molecule is O=C(O)Cc1cccc(CCOC(=O)N(c2ccccc2)c2ccccc2)c1. The van der Waals surface area contributed by atoms with E-state index in [4.69, 9.17) is 9.84 Å². The van der Waals surface area contributed by atoms with Crippen LogP contribution in [-0.4, -0.2) is 23.8 Å². The van der Waals surface area contributed by atoms with Crippen LogP contribution in [0.2, 0.25) is 0 Å². The standard InChI is InChI=1S/C23H21NO4/c25-22(26)17-19-9-7-8-18(16-19)14-15-28-23(27)24(20-10-3-1-4-11-20)21-12-5-2-6-13-21/h1-13,16H,14-15,17H2,(H,25,26). The zero-order valence-electron chi connectivity index (χ0n) is 15.3. The van der Waals surface area contributed by atoms with Crippen molar-refractivity contribution in [3.05, 3.63) is 96.1 Å². The highest BCUT2D eigenvalue weighted by molar-refractivity contribution is 5.95. The van der Waals surface area contributed by atoms with E-state index in [0.717, 1.165) is 22.5 Å². The molecule has 0 atom stereocenters. The molecule has 0 saturated heterocycles. The minimum atomic E-state index is -0.870. The maximum absolute atomic E-state index is 12.8. The molecule has 3 aromatic rings. The van der Waals surface area contributed by atoms with Gasteiger partial charge in [0.25, 0.3) is 0 Å². The summed E-state index contributed by atoms with van der Waals surface area (Å²) < 4.78 is 5.51. The Labute approximate surface area is 163 Å². The summed E-state index contributed by atoms with van der Waals surface area (Å²) in [5.41, 5.74) is 3.10. The number of benzene rings is 3. The molecule has 1 N–H and O–H groups in total. The number of carboxylic acid groups (broad SMARTS) is 1. The Hall–Kier alpha value is -3.60. The van der Waals surface area contributed by atoms with Gasteiger partial charge >= 0.3 is 12.1 Å². The third-order valence-corrected chi connectivity index (χ3v) is 4.17. The Bertz CT molecular complexity index is 886. The molecule has 1 amide bonds. The van der Waals surface area contributed by atoms with Gasteiger partial charge in [-0.3, -0.25) is 4.79 Å². The Morgan fingerprint density at radius 1 is 0.786 bits per heavy atom. The molecular weight excluding hydrogens is 354 g/mol. The summed E-state index contributed by atoms with van der Waals surface area (Å²) in [5, 5.41) is 8.91. The van der Waals surface area contributed by atoms with Crippen LogP contribution in [0.15, 0.2) is 84.9 Å². The predicted molar refractivity (Wildman–Crippen MR) is 108 cm³/mol. The van der Waals surface area contributed by atoms with Gasteiger partial charge in [-0.1, -0.05) is 60.7 Å². The summed E-state index contributed by atoms with van der Waals surface area (Å²) in [6, 6.07) is 26.0. The Kier molecular flexibility index (Phi) is 6.41. The van der Waals surface area contributed by atoms with Gasteiger partial charge in [-0.25, -0.2) is 9.69 Å². The molecule has 0 bridgehead atoms. The van der Waals surface area contributed by atoms with Gasteiger partial charge in [0.2, 0.25) is 0 Å². The monoisotopic (exact) mass is 375 g/mol. The van der Waals surface area contributed by atoms with Crippen LogP contribution in [0.25, 0.3) is 0 Å². The lowest BCUT2D eigenvalue weighted by Crippen LogP contribution is -2.27. The summed E-state index contributed by atoms with van der Waals surface area (Å²) in [5.74, 6) is -0.870. The maximum Gasteiger partial charge on any atom is 0.418 e. The van der Waals surface area contributed by atoms with Crippen molar-refractivity contribution in [2.45, 2.75) is 12.8 Å². The second kappa shape index (κ2) is 9.37. The first-order valence-electron chi connectivity index (χ1n) is 9.00. The molecule has 0 heterocycles. The minimum absolute atomic E-state index is 0.0244. The number of rotatable bonds is 7. The average Bonchev–Trinajstić information content (AvgIpc) is 2.70. The van der Waals surface area contributed by atoms with Gasteiger partial charge in [0.05, 0.1) is 24.4 Å². The first-order valence-corrected chi connectivity index (χ1v) is 9.00. The fourth-order valence-corrected chi connectivity index (χ4v) is 2.90. The number of aliphatic carboxylic acids is 1. The van der Waals surface area contributed by atoms with Gasteiger partial charge in [0, 0.05) is 6.42 Å². The third kappa shape index (κ3) is 5.20. The topological polar surface area (TPSA) is 66.8 Å². The van der Waals surface area contributed by atoms with E-state index in [1.165, 1.54) is 4.90 Å². The van der Waals surface area contributed by atoms with Crippen LogP contribution in [0, 0.1) is 0 Å². The summed E-state index contributed by atoms with van der Waals surface area (Å²) in [4.78, 5) is 25.2. The quantitative estimate of drug-likeness (QED) is 0.642. The average molecular weight is 375 g/mol. The lowest BCUT2D eigenvalue weighted by atomic mass is 10.1. The van der Waals surface area contributed by atoms with Crippen molar-refractivity contribution in [1.29, 1.82) is 0 Å². The molecule has 0 spiro atoms. The van der Waals surface area contributed by atoms with E-state index in [9.17, 15) is 9.59 Å².